The molecule has 0 aromatic heterocycles. The molecule has 1 aromatic rings. The van der Waals surface area contributed by atoms with Crippen molar-refractivity contribution in [3.8, 4) is 5.75 Å². The van der Waals surface area contributed by atoms with Gasteiger partial charge in [0.05, 0.1) is 6.23 Å². The van der Waals surface area contributed by atoms with Gasteiger partial charge in [-0.3, -0.25) is 0 Å². The third-order valence-electron chi connectivity index (χ3n) is 3.70. The summed E-state index contributed by atoms with van der Waals surface area (Å²) in [5.41, 5.74) is 0.569. The zero-order valence-corrected chi connectivity index (χ0v) is 16.0. The van der Waals surface area contributed by atoms with Gasteiger partial charge in [0.15, 0.2) is 7.38 Å². The van der Waals surface area contributed by atoms with Crippen LogP contribution in [0, 0.1) is 0 Å². The zero-order valence-electron chi connectivity index (χ0n) is 13.3. The molecule has 5 heteroatoms. The molecule has 0 heterocycles. The van der Waals surface area contributed by atoms with Gasteiger partial charge in [-0.15, -0.1) is 0 Å². The number of ether oxygens (including phenoxy) is 1. The minimum atomic E-state index is -1.96. The van der Waals surface area contributed by atoms with Crippen LogP contribution in [0.5, 0.6) is 5.75 Å². The van der Waals surface area contributed by atoms with Crippen LogP contribution in [0.4, 0.5) is 0 Å². The maximum absolute atomic E-state index is 6.67. The van der Waals surface area contributed by atoms with Gasteiger partial charge in [-0.1, -0.05) is 44.6 Å². The molecule has 114 valence electrons. The highest BCUT2D eigenvalue weighted by Gasteiger charge is 2.40. The largest absolute Gasteiger partial charge is 0.541 e. The molecule has 1 rings (SSSR count). The van der Waals surface area contributed by atoms with E-state index in [1.807, 2.05) is 30.3 Å². The van der Waals surface area contributed by atoms with Gasteiger partial charge in [0.2, 0.25) is 0 Å². The lowest BCUT2D eigenvalue weighted by molar-refractivity contribution is 0.232. The van der Waals surface area contributed by atoms with Crippen molar-refractivity contribution in [1.29, 1.82) is 0 Å². The average molecular weight is 331 g/mol. The van der Waals surface area contributed by atoms with Crippen LogP contribution in [-0.2, 0) is 4.74 Å². The van der Waals surface area contributed by atoms with Gasteiger partial charge in [0.1, 0.15) is 5.75 Å². The van der Waals surface area contributed by atoms with Crippen LogP contribution < -0.4 is 4.43 Å². The Morgan fingerprint density at radius 1 is 1.15 bits per heavy atom. The second kappa shape index (κ2) is 7.64. The Bertz CT molecular complexity index is 395. The van der Waals surface area contributed by atoms with Crippen LogP contribution in [0.25, 0.3) is 0 Å². The molecule has 2 unspecified atom stereocenters. The van der Waals surface area contributed by atoms with Crippen LogP contribution in [0.1, 0.15) is 13.3 Å². The molecule has 20 heavy (non-hydrogen) atoms. The molecule has 0 spiro atoms. The van der Waals surface area contributed by atoms with E-state index in [9.17, 15) is 0 Å². The predicted molar refractivity (Wildman–Crippen MR) is 92.7 cm³/mol. The Hall–Kier alpha value is -0.296. The summed E-state index contributed by atoms with van der Waals surface area (Å²) in [6.07, 6.45) is 1.83. The number of para-hydroxylation sites is 1. The molecule has 1 aromatic carbocycles. The van der Waals surface area contributed by atoms with Crippen LogP contribution >= 0.6 is 11.1 Å². The summed E-state index contributed by atoms with van der Waals surface area (Å²) in [4.78, 5) is 0. The minimum absolute atomic E-state index is 0.569. The summed E-state index contributed by atoms with van der Waals surface area (Å²) in [5, 5.41) is 0. The average Bonchev–Trinajstić information content (AvgIpc) is 2.36. The van der Waals surface area contributed by atoms with E-state index >= 15 is 0 Å². The van der Waals surface area contributed by atoms with Gasteiger partial charge in [-0.05, 0) is 30.3 Å². The smallest absolute Gasteiger partial charge is 0.273 e. The monoisotopic (exact) mass is 330 g/mol. The van der Waals surface area contributed by atoms with E-state index in [1.165, 1.54) is 0 Å². The molecule has 0 bridgehead atoms. The van der Waals surface area contributed by atoms with Crippen molar-refractivity contribution in [2.24, 2.45) is 0 Å². The summed E-state index contributed by atoms with van der Waals surface area (Å²) in [6.45, 7) is 8.94. The fourth-order valence-electron chi connectivity index (χ4n) is 2.60. The molecule has 2 nitrogen and oxygen atoms in total. The van der Waals surface area contributed by atoms with Crippen LogP contribution in [-0.4, -0.2) is 29.0 Å². The van der Waals surface area contributed by atoms with Gasteiger partial charge in [0.25, 0.3) is 8.32 Å². The molecule has 0 saturated carbocycles. The first-order chi connectivity index (χ1) is 9.30. The van der Waals surface area contributed by atoms with Crippen molar-refractivity contribution in [2.45, 2.75) is 44.6 Å². The van der Waals surface area contributed by atoms with Crippen molar-refractivity contribution in [3.05, 3.63) is 30.3 Å². The lowest BCUT2D eigenvalue weighted by Crippen LogP contribution is -2.47. The third-order valence-corrected chi connectivity index (χ3v) is 10.6. The normalized spacial score (nSPS) is 16.5. The lowest BCUT2D eigenvalue weighted by atomic mass is 10.3. The third kappa shape index (κ3) is 5.60. The number of halogens is 1. The first-order valence-corrected chi connectivity index (χ1v) is 14.1. The van der Waals surface area contributed by atoms with Crippen LogP contribution in [0.3, 0.4) is 0 Å². The van der Waals surface area contributed by atoms with E-state index in [2.05, 4.69) is 26.6 Å². The highest BCUT2D eigenvalue weighted by atomic mass is 35.6. The maximum atomic E-state index is 6.67. The van der Waals surface area contributed by atoms with Crippen molar-refractivity contribution >= 4 is 26.8 Å². The van der Waals surface area contributed by atoms with E-state index in [4.69, 9.17) is 20.2 Å². The molecular formula is C15H27ClO2Si2. The number of hydrogen-bond acceptors (Lipinski definition) is 2. The fraction of sp³-hybridized carbons (Fsp3) is 0.600. The molecule has 0 aliphatic heterocycles. The molecule has 0 saturated heterocycles. The molecule has 0 amide bonds. The van der Waals surface area contributed by atoms with Crippen molar-refractivity contribution in [2.75, 3.05) is 13.3 Å². The van der Waals surface area contributed by atoms with Crippen molar-refractivity contribution in [3.63, 3.8) is 0 Å². The first-order valence-electron chi connectivity index (χ1n) is 7.22. The Morgan fingerprint density at radius 2 is 1.75 bits per heavy atom. The summed E-state index contributed by atoms with van der Waals surface area (Å²) >= 11 is 6.67. The van der Waals surface area contributed by atoms with E-state index in [0.717, 1.165) is 18.2 Å². The molecule has 0 radical (unpaired) electrons. The van der Waals surface area contributed by atoms with E-state index in [1.54, 1.807) is 7.11 Å². The van der Waals surface area contributed by atoms with Gasteiger partial charge in [-0.25, -0.2) is 0 Å². The lowest BCUT2D eigenvalue weighted by Gasteiger charge is -2.34. The Balaban J connectivity index is 2.85. The molecule has 0 aliphatic carbocycles. The zero-order chi connectivity index (χ0) is 15.2. The topological polar surface area (TPSA) is 18.5 Å². The summed E-state index contributed by atoms with van der Waals surface area (Å²) in [5.74, 6) is 0.947. The number of benzene rings is 1. The molecular weight excluding hydrogens is 304 g/mol. The quantitative estimate of drug-likeness (QED) is 0.490. The van der Waals surface area contributed by atoms with Crippen LogP contribution in [0.15, 0.2) is 30.3 Å². The van der Waals surface area contributed by atoms with E-state index in [0.29, 0.717) is 11.8 Å². The predicted octanol–water partition coefficient (Wildman–Crippen LogP) is 5.05. The second-order valence-corrected chi connectivity index (χ2v) is 16.8. The fourth-order valence-corrected chi connectivity index (χ4v) is 10.9. The standard InChI is InChI=1S/C15H27ClO2Si2/c1-6-15(19(3,4)16)12-20(5,13-17-2)18-14-10-8-7-9-11-14/h7-11,15H,6,12-13H2,1-5H3. The van der Waals surface area contributed by atoms with Crippen molar-refractivity contribution < 1.29 is 9.16 Å². The molecule has 0 fully saturated rings. The van der Waals surface area contributed by atoms with Gasteiger partial charge < -0.3 is 9.16 Å². The van der Waals surface area contributed by atoms with E-state index in [-0.39, 0.29) is 0 Å². The minimum Gasteiger partial charge on any atom is -0.541 e. The van der Waals surface area contributed by atoms with Gasteiger partial charge in [-0.2, -0.15) is 11.1 Å². The number of hydrogen-bond donors (Lipinski definition) is 0. The number of rotatable bonds is 8. The van der Waals surface area contributed by atoms with Gasteiger partial charge in [0, 0.05) is 7.11 Å². The van der Waals surface area contributed by atoms with Gasteiger partial charge >= 0.3 is 0 Å². The molecule has 0 aliphatic rings. The Labute approximate surface area is 130 Å². The van der Waals surface area contributed by atoms with E-state index < -0.39 is 15.7 Å². The summed E-state index contributed by atoms with van der Waals surface area (Å²) < 4.78 is 11.8. The highest BCUT2D eigenvalue weighted by Crippen LogP contribution is 2.37. The summed E-state index contributed by atoms with van der Waals surface area (Å²) in [7, 11) is -1.87. The Morgan fingerprint density at radius 3 is 2.20 bits per heavy atom. The first kappa shape index (κ1) is 17.8. The van der Waals surface area contributed by atoms with Crippen molar-refractivity contribution in [1.82, 2.24) is 0 Å². The maximum Gasteiger partial charge on any atom is 0.273 e. The number of methoxy groups -OCH3 is 1. The summed E-state index contributed by atoms with van der Waals surface area (Å²) in [6, 6.07) is 11.1. The SMILES string of the molecule is CCC(C[Si](C)(COC)Oc1ccccc1)[Si](C)(C)Cl. The molecule has 2 atom stereocenters. The highest BCUT2D eigenvalue weighted by molar-refractivity contribution is 7.20. The Kier molecular flexibility index (Phi) is 6.78. The second-order valence-electron chi connectivity index (χ2n) is 6.17. The van der Waals surface area contributed by atoms with Crippen LogP contribution in [0.2, 0.25) is 31.2 Å². The molecule has 0 N–H and O–H groups in total.